The van der Waals surface area contributed by atoms with Gasteiger partial charge in [0.1, 0.15) is 0 Å². The van der Waals surface area contributed by atoms with Gasteiger partial charge in [0, 0.05) is 10.6 Å². The smallest absolute Gasteiger partial charge is 0.340 e. The molecule has 0 saturated heterocycles. The van der Waals surface area contributed by atoms with Gasteiger partial charge in [-0.1, -0.05) is 12.1 Å². The lowest BCUT2D eigenvalue weighted by Crippen LogP contribution is -2.31. The van der Waals surface area contributed by atoms with E-state index in [9.17, 15) is 19.2 Å². The fourth-order valence-electron chi connectivity index (χ4n) is 3.19. The fourth-order valence-corrected chi connectivity index (χ4v) is 4.29. The third-order valence-electron chi connectivity index (χ3n) is 4.62. The molecule has 3 rings (SSSR count). The topological polar surface area (TPSA) is 115 Å². The van der Waals surface area contributed by atoms with Crippen LogP contribution < -0.4 is 5.32 Å². The van der Waals surface area contributed by atoms with E-state index in [0.717, 1.165) is 4.90 Å². The summed E-state index contributed by atoms with van der Waals surface area (Å²) in [5.74, 6) is -1.91. The number of nitrogens with one attached hydrogen (secondary N) is 2. The number of aryl methyl sites for hydroxylation is 1. The highest BCUT2D eigenvalue weighted by atomic mass is 32.2. The Morgan fingerprint density at radius 2 is 1.87 bits per heavy atom. The molecule has 9 heteroatoms. The van der Waals surface area contributed by atoms with Crippen molar-refractivity contribution in [1.82, 2.24) is 4.98 Å². The molecular formula is C21H22N2O6S. The number of esters is 2. The standard InChI is InChI=1S/C21H22N2O6S/c1-4-28-21(27)18-11(2)19(22-12(18)3)14(24)10-29-17(25)9-16-20(26)23-13-7-5-6-8-15(13)30-16/h5-8,16,22H,4,9-10H2,1-3H3,(H,23,26). The molecule has 0 fully saturated rings. The molecule has 8 nitrogen and oxygen atoms in total. The van der Waals surface area contributed by atoms with Crippen LogP contribution in [0.3, 0.4) is 0 Å². The van der Waals surface area contributed by atoms with E-state index in [2.05, 4.69) is 10.3 Å². The Kier molecular flexibility index (Phi) is 6.61. The van der Waals surface area contributed by atoms with Crippen molar-refractivity contribution in [2.24, 2.45) is 0 Å². The van der Waals surface area contributed by atoms with Crippen molar-refractivity contribution in [3.8, 4) is 0 Å². The lowest BCUT2D eigenvalue weighted by atomic mass is 10.1. The van der Waals surface area contributed by atoms with Crippen molar-refractivity contribution in [3.63, 3.8) is 0 Å². The number of Topliss-reactive ketones (excluding diaryl/α,β-unsaturated/α-hetero) is 1. The summed E-state index contributed by atoms with van der Waals surface area (Å²) in [6.07, 6.45) is -0.158. The number of anilines is 1. The molecule has 1 unspecified atom stereocenters. The zero-order valence-corrected chi connectivity index (χ0v) is 17.7. The van der Waals surface area contributed by atoms with Crippen LogP contribution in [0.4, 0.5) is 5.69 Å². The summed E-state index contributed by atoms with van der Waals surface area (Å²) in [4.78, 5) is 52.7. The molecule has 1 aliphatic heterocycles. The molecule has 0 spiro atoms. The number of amides is 1. The quantitative estimate of drug-likeness (QED) is 0.512. The zero-order valence-electron chi connectivity index (χ0n) is 16.9. The van der Waals surface area contributed by atoms with Crippen LogP contribution in [0, 0.1) is 13.8 Å². The molecule has 0 saturated carbocycles. The second-order valence-corrected chi connectivity index (χ2v) is 7.97. The Morgan fingerprint density at radius 1 is 1.13 bits per heavy atom. The molecule has 30 heavy (non-hydrogen) atoms. The minimum atomic E-state index is -0.651. The van der Waals surface area contributed by atoms with Crippen LogP contribution in [0.25, 0.3) is 0 Å². The van der Waals surface area contributed by atoms with Crippen LogP contribution in [-0.2, 0) is 19.1 Å². The second-order valence-electron chi connectivity index (χ2n) is 6.73. The fraction of sp³-hybridized carbons (Fsp3) is 0.333. The predicted octanol–water partition coefficient (Wildman–Crippen LogP) is 3.04. The molecule has 1 atom stereocenters. The number of hydrogen-bond donors (Lipinski definition) is 2. The van der Waals surface area contributed by atoms with Crippen molar-refractivity contribution in [2.45, 2.75) is 37.3 Å². The van der Waals surface area contributed by atoms with Gasteiger partial charge in [-0.2, -0.15) is 0 Å². The van der Waals surface area contributed by atoms with E-state index >= 15 is 0 Å². The number of aromatic nitrogens is 1. The van der Waals surface area contributed by atoms with E-state index in [0.29, 0.717) is 22.5 Å². The number of hydrogen-bond acceptors (Lipinski definition) is 7. The lowest BCUT2D eigenvalue weighted by molar-refractivity contribution is -0.143. The highest BCUT2D eigenvalue weighted by molar-refractivity contribution is 8.01. The monoisotopic (exact) mass is 430 g/mol. The van der Waals surface area contributed by atoms with Gasteiger partial charge in [0.15, 0.2) is 6.61 Å². The first kappa shape index (κ1) is 21.6. The second kappa shape index (κ2) is 9.17. The summed E-state index contributed by atoms with van der Waals surface area (Å²) in [5.41, 5.74) is 2.17. The van der Waals surface area contributed by atoms with E-state index in [4.69, 9.17) is 9.47 Å². The molecule has 0 aliphatic carbocycles. The van der Waals surface area contributed by atoms with Crippen LogP contribution in [0.15, 0.2) is 29.2 Å². The largest absolute Gasteiger partial charge is 0.462 e. The third kappa shape index (κ3) is 4.56. The van der Waals surface area contributed by atoms with E-state index in [1.165, 1.54) is 11.8 Å². The molecule has 1 aromatic carbocycles. The highest BCUT2D eigenvalue weighted by Crippen LogP contribution is 2.36. The zero-order chi connectivity index (χ0) is 21.8. The number of fused-ring (bicyclic) bond motifs is 1. The van der Waals surface area contributed by atoms with Gasteiger partial charge in [0.2, 0.25) is 11.7 Å². The summed E-state index contributed by atoms with van der Waals surface area (Å²) < 4.78 is 10.1. The molecule has 2 heterocycles. The molecule has 1 aliphatic rings. The van der Waals surface area contributed by atoms with Crippen LogP contribution in [0.1, 0.15) is 45.4 Å². The Balaban J connectivity index is 1.59. The molecule has 0 bridgehead atoms. The number of ether oxygens (including phenoxy) is 2. The predicted molar refractivity (Wildman–Crippen MR) is 111 cm³/mol. The van der Waals surface area contributed by atoms with Gasteiger partial charge in [-0.3, -0.25) is 14.4 Å². The van der Waals surface area contributed by atoms with Gasteiger partial charge in [-0.05, 0) is 38.5 Å². The van der Waals surface area contributed by atoms with Crippen LogP contribution in [-0.4, -0.2) is 47.1 Å². The van der Waals surface area contributed by atoms with Gasteiger partial charge < -0.3 is 19.8 Å². The number of rotatable bonds is 7. The summed E-state index contributed by atoms with van der Waals surface area (Å²) in [5, 5.41) is 2.13. The SMILES string of the molecule is CCOC(=O)c1c(C)[nH]c(C(=O)COC(=O)CC2Sc3ccccc3NC2=O)c1C. The number of aromatic amines is 1. The van der Waals surface area contributed by atoms with E-state index in [-0.39, 0.29) is 24.6 Å². The van der Waals surface area contributed by atoms with E-state index < -0.39 is 29.6 Å². The molecule has 158 valence electrons. The molecule has 1 amide bonds. The maximum atomic E-state index is 12.5. The number of carbonyl (C=O) groups is 4. The average Bonchev–Trinajstić information content (AvgIpc) is 3.01. The van der Waals surface area contributed by atoms with Crippen LogP contribution in [0.5, 0.6) is 0 Å². The molecule has 1 aromatic heterocycles. The van der Waals surface area contributed by atoms with Crippen molar-refractivity contribution < 1.29 is 28.7 Å². The third-order valence-corrected chi connectivity index (χ3v) is 5.89. The first-order chi connectivity index (χ1) is 14.3. The Hall–Kier alpha value is -3.07. The lowest BCUT2D eigenvalue weighted by Gasteiger charge is -2.23. The van der Waals surface area contributed by atoms with Gasteiger partial charge in [-0.15, -0.1) is 11.8 Å². The minimum absolute atomic E-state index is 0.158. The Morgan fingerprint density at radius 3 is 2.60 bits per heavy atom. The van der Waals surface area contributed by atoms with Crippen molar-refractivity contribution in [1.29, 1.82) is 0 Å². The van der Waals surface area contributed by atoms with Crippen molar-refractivity contribution >= 4 is 41.1 Å². The van der Waals surface area contributed by atoms with Crippen LogP contribution >= 0.6 is 11.8 Å². The minimum Gasteiger partial charge on any atom is -0.462 e. The number of para-hydroxylation sites is 1. The maximum absolute atomic E-state index is 12.5. The van der Waals surface area contributed by atoms with Crippen molar-refractivity contribution in [2.75, 3.05) is 18.5 Å². The molecule has 0 radical (unpaired) electrons. The summed E-state index contributed by atoms with van der Waals surface area (Å²) in [7, 11) is 0. The van der Waals surface area contributed by atoms with Gasteiger partial charge in [-0.25, -0.2) is 4.79 Å². The number of carbonyl (C=O) groups excluding carboxylic acids is 4. The Bertz CT molecular complexity index is 1010. The highest BCUT2D eigenvalue weighted by Gasteiger charge is 2.30. The van der Waals surface area contributed by atoms with E-state index in [1.54, 1.807) is 26.8 Å². The molecular weight excluding hydrogens is 408 g/mol. The number of benzene rings is 1. The normalized spacial score (nSPS) is 15.2. The number of thioether (sulfide) groups is 1. The van der Waals surface area contributed by atoms with Crippen LogP contribution in [0.2, 0.25) is 0 Å². The molecule has 2 aromatic rings. The summed E-state index contributed by atoms with van der Waals surface area (Å²) in [6.45, 7) is 4.73. The number of H-pyrrole nitrogens is 1. The summed E-state index contributed by atoms with van der Waals surface area (Å²) >= 11 is 1.28. The van der Waals surface area contributed by atoms with Crippen molar-refractivity contribution in [3.05, 3.63) is 46.8 Å². The summed E-state index contributed by atoms with van der Waals surface area (Å²) in [6, 6.07) is 7.32. The van der Waals surface area contributed by atoms with Gasteiger partial charge in [0.25, 0.3) is 0 Å². The van der Waals surface area contributed by atoms with E-state index in [1.807, 2.05) is 18.2 Å². The maximum Gasteiger partial charge on any atom is 0.340 e. The van der Waals surface area contributed by atoms with Gasteiger partial charge >= 0.3 is 11.9 Å². The average molecular weight is 430 g/mol. The Labute approximate surface area is 177 Å². The first-order valence-corrected chi connectivity index (χ1v) is 10.3. The number of ketones is 1. The first-order valence-electron chi connectivity index (χ1n) is 9.43. The molecule has 2 N–H and O–H groups in total. The van der Waals surface area contributed by atoms with Gasteiger partial charge in [0.05, 0.1) is 35.2 Å².